The molecule has 1 saturated heterocycles. The second-order valence-corrected chi connectivity index (χ2v) is 6.57. The highest BCUT2D eigenvalue weighted by molar-refractivity contribution is 8.00. The average Bonchev–Trinajstić information content (AvgIpc) is 2.27. The summed E-state index contributed by atoms with van der Waals surface area (Å²) in [5, 5.41) is 0. The molecule has 1 aromatic heterocycles. The number of nitrogen functional groups attached to an aromatic ring is 1. The summed E-state index contributed by atoms with van der Waals surface area (Å²) in [4.78, 5) is 18.1. The number of nitrogens with zero attached hydrogens (tertiary/aromatic N) is 2. The zero-order valence-corrected chi connectivity index (χ0v) is 11.0. The number of hydrogen-bond donors (Lipinski definition) is 1. The molecule has 2 heterocycles. The van der Waals surface area contributed by atoms with Gasteiger partial charge in [-0.2, -0.15) is 11.8 Å². The molecule has 0 aromatic carbocycles. The molecule has 1 aliphatic rings. The van der Waals surface area contributed by atoms with Gasteiger partial charge in [0.2, 0.25) is 0 Å². The Morgan fingerprint density at radius 2 is 2.35 bits per heavy atom. The summed E-state index contributed by atoms with van der Waals surface area (Å²) in [5.74, 6) is 1.27. The van der Waals surface area contributed by atoms with E-state index in [1.807, 2.05) is 16.7 Å². The Balaban J connectivity index is 2.18. The molecule has 17 heavy (non-hydrogen) atoms. The number of amides is 1. The quantitative estimate of drug-likeness (QED) is 0.824. The normalized spacial score (nSPS) is 19.1. The van der Waals surface area contributed by atoms with Crippen LogP contribution in [0.25, 0.3) is 0 Å². The van der Waals surface area contributed by atoms with Crippen LogP contribution < -0.4 is 5.73 Å². The van der Waals surface area contributed by atoms with Crippen LogP contribution in [0.15, 0.2) is 18.3 Å². The van der Waals surface area contributed by atoms with Crippen LogP contribution in [0.2, 0.25) is 0 Å². The van der Waals surface area contributed by atoms with Crippen LogP contribution in [0.4, 0.5) is 5.82 Å². The third-order valence-electron chi connectivity index (χ3n) is 2.78. The number of hydrogen-bond acceptors (Lipinski definition) is 4. The van der Waals surface area contributed by atoms with Gasteiger partial charge in [-0.3, -0.25) is 4.79 Å². The highest BCUT2D eigenvalue weighted by Crippen LogP contribution is 2.30. The van der Waals surface area contributed by atoms with Gasteiger partial charge in [0.25, 0.3) is 5.91 Å². The predicted molar refractivity (Wildman–Crippen MR) is 71.1 cm³/mol. The van der Waals surface area contributed by atoms with Crippen molar-refractivity contribution in [3.63, 3.8) is 0 Å². The Morgan fingerprint density at radius 3 is 3.00 bits per heavy atom. The molecule has 2 N–H and O–H groups in total. The predicted octanol–water partition coefficient (Wildman–Crippen LogP) is 1.63. The number of carbonyl (C=O) groups excluding carboxylic acids is 1. The molecule has 4 nitrogen and oxygen atoms in total. The summed E-state index contributed by atoms with van der Waals surface area (Å²) in [6, 6.07) is 3.48. The number of aromatic nitrogens is 1. The monoisotopic (exact) mass is 251 g/mol. The van der Waals surface area contributed by atoms with Crippen LogP contribution in [-0.2, 0) is 0 Å². The van der Waals surface area contributed by atoms with E-state index >= 15 is 0 Å². The Hall–Kier alpha value is -1.23. The Morgan fingerprint density at radius 1 is 1.59 bits per heavy atom. The molecule has 92 valence electrons. The van der Waals surface area contributed by atoms with Crippen LogP contribution in [-0.4, -0.2) is 39.4 Å². The highest BCUT2D eigenvalue weighted by Gasteiger charge is 2.30. The third kappa shape index (κ3) is 2.72. The first-order valence-corrected chi connectivity index (χ1v) is 6.62. The van der Waals surface area contributed by atoms with E-state index in [-0.39, 0.29) is 10.7 Å². The molecule has 0 unspecified atom stereocenters. The average molecular weight is 251 g/mol. The topological polar surface area (TPSA) is 59.2 Å². The third-order valence-corrected chi connectivity index (χ3v) is 4.08. The number of rotatable bonds is 1. The molecule has 0 saturated carbocycles. The van der Waals surface area contributed by atoms with Crippen molar-refractivity contribution in [1.82, 2.24) is 9.88 Å². The fourth-order valence-corrected chi connectivity index (χ4v) is 3.07. The Labute approximate surface area is 106 Å². The lowest BCUT2D eigenvalue weighted by molar-refractivity contribution is 0.0749. The van der Waals surface area contributed by atoms with Crippen LogP contribution in [0.1, 0.15) is 24.2 Å². The number of thioether (sulfide) groups is 1. The maximum absolute atomic E-state index is 12.3. The van der Waals surface area contributed by atoms with Crippen molar-refractivity contribution in [2.75, 3.05) is 24.6 Å². The van der Waals surface area contributed by atoms with E-state index in [1.165, 1.54) is 0 Å². The zero-order valence-electron chi connectivity index (χ0n) is 10.1. The van der Waals surface area contributed by atoms with E-state index in [4.69, 9.17) is 5.73 Å². The molecule has 1 aliphatic heterocycles. The van der Waals surface area contributed by atoms with Crippen molar-refractivity contribution in [3.8, 4) is 0 Å². The van der Waals surface area contributed by atoms with Crippen LogP contribution in [0, 0.1) is 0 Å². The molecular weight excluding hydrogens is 234 g/mol. The molecule has 1 fully saturated rings. The van der Waals surface area contributed by atoms with Crippen LogP contribution >= 0.6 is 11.8 Å². The summed E-state index contributed by atoms with van der Waals surface area (Å²) in [6.07, 6.45) is 1.60. The molecule has 0 aliphatic carbocycles. The highest BCUT2D eigenvalue weighted by atomic mass is 32.2. The van der Waals surface area contributed by atoms with E-state index < -0.39 is 0 Å². The standard InChI is InChI=1S/C12H17N3OS/c1-12(2)8-15(6-7-17-12)11(16)9-4-3-5-14-10(9)13/h3-5H,6-8H2,1-2H3,(H2,13,14). The van der Waals surface area contributed by atoms with Gasteiger partial charge >= 0.3 is 0 Å². The first-order chi connectivity index (χ1) is 7.99. The van der Waals surface area contributed by atoms with Gasteiger partial charge < -0.3 is 10.6 Å². The molecule has 5 heteroatoms. The Bertz CT molecular complexity index is 434. The maximum atomic E-state index is 12.3. The first kappa shape index (κ1) is 12.2. The first-order valence-electron chi connectivity index (χ1n) is 5.63. The van der Waals surface area contributed by atoms with Crippen LogP contribution in [0.3, 0.4) is 0 Å². The SMILES string of the molecule is CC1(C)CN(C(=O)c2cccnc2N)CCS1. The molecule has 2 rings (SSSR count). The zero-order chi connectivity index (χ0) is 12.5. The number of nitrogens with two attached hydrogens (primary N) is 1. The van der Waals surface area contributed by atoms with E-state index in [0.29, 0.717) is 11.4 Å². The van der Waals surface area contributed by atoms with Gasteiger partial charge in [-0.1, -0.05) is 0 Å². The lowest BCUT2D eigenvalue weighted by Crippen LogP contribution is -2.46. The van der Waals surface area contributed by atoms with E-state index in [9.17, 15) is 4.79 Å². The summed E-state index contributed by atoms with van der Waals surface area (Å²) < 4.78 is 0.116. The smallest absolute Gasteiger partial charge is 0.257 e. The van der Waals surface area contributed by atoms with E-state index in [2.05, 4.69) is 18.8 Å². The van der Waals surface area contributed by atoms with E-state index in [1.54, 1.807) is 18.3 Å². The van der Waals surface area contributed by atoms with Crippen LogP contribution in [0.5, 0.6) is 0 Å². The number of pyridine rings is 1. The molecular formula is C12H17N3OS. The van der Waals surface area contributed by atoms with Crippen molar-refractivity contribution in [2.45, 2.75) is 18.6 Å². The molecule has 1 amide bonds. The van der Waals surface area contributed by atoms with Crippen molar-refractivity contribution in [2.24, 2.45) is 0 Å². The van der Waals surface area contributed by atoms with Gasteiger partial charge in [-0.25, -0.2) is 4.98 Å². The van der Waals surface area contributed by atoms with Crippen molar-refractivity contribution < 1.29 is 4.79 Å². The number of carbonyl (C=O) groups is 1. The van der Waals surface area contributed by atoms with Gasteiger partial charge in [0, 0.05) is 29.8 Å². The molecule has 0 atom stereocenters. The summed E-state index contributed by atoms with van der Waals surface area (Å²) in [7, 11) is 0. The molecule has 0 radical (unpaired) electrons. The minimum atomic E-state index is -0.0102. The molecule has 0 bridgehead atoms. The maximum Gasteiger partial charge on any atom is 0.257 e. The molecule has 0 spiro atoms. The second kappa shape index (κ2) is 4.56. The minimum absolute atomic E-state index is 0.0102. The Kier molecular flexibility index (Phi) is 3.28. The fraction of sp³-hybridized carbons (Fsp3) is 0.500. The van der Waals surface area contributed by atoms with Crippen molar-refractivity contribution in [1.29, 1.82) is 0 Å². The van der Waals surface area contributed by atoms with Gasteiger partial charge in [-0.05, 0) is 26.0 Å². The minimum Gasteiger partial charge on any atom is -0.383 e. The van der Waals surface area contributed by atoms with Gasteiger partial charge in [0.15, 0.2) is 0 Å². The fourth-order valence-electron chi connectivity index (χ4n) is 1.96. The van der Waals surface area contributed by atoms with Crippen molar-refractivity contribution >= 4 is 23.5 Å². The van der Waals surface area contributed by atoms with Gasteiger partial charge in [-0.15, -0.1) is 0 Å². The molecule has 1 aromatic rings. The lowest BCUT2D eigenvalue weighted by atomic mass is 10.1. The van der Waals surface area contributed by atoms with Crippen molar-refractivity contribution in [3.05, 3.63) is 23.9 Å². The largest absolute Gasteiger partial charge is 0.383 e. The van der Waals surface area contributed by atoms with Gasteiger partial charge in [0.1, 0.15) is 5.82 Å². The summed E-state index contributed by atoms with van der Waals surface area (Å²) in [5.41, 5.74) is 6.24. The lowest BCUT2D eigenvalue weighted by Gasteiger charge is -2.37. The summed E-state index contributed by atoms with van der Waals surface area (Å²) >= 11 is 1.90. The van der Waals surface area contributed by atoms with Gasteiger partial charge in [0.05, 0.1) is 5.56 Å². The summed E-state index contributed by atoms with van der Waals surface area (Å²) in [6.45, 7) is 5.85. The second-order valence-electron chi connectivity index (χ2n) is 4.77. The van der Waals surface area contributed by atoms with E-state index in [0.717, 1.165) is 18.8 Å². The number of anilines is 1.